The Bertz CT molecular complexity index is 745. The summed E-state index contributed by atoms with van der Waals surface area (Å²) < 4.78 is 12.2. The van der Waals surface area contributed by atoms with Crippen LogP contribution in [0.2, 0.25) is 0 Å². The molecule has 0 aromatic heterocycles. The molecule has 0 saturated heterocycles. The number of hydrogen-bond acceptors (Lipinski definition) is 3. The Balaban J connectivity index is 2.12. The van der Waals surface area contributed by atoms with Crippen molar-refractivity contribution < 1.29 is 14.3 Å². The van der Waals surface area contributed by atoms with Crippen molar-refractivity contribution in [3.63, 3.8) is 0 Å². The van der Waals surface area contributed by atoms with Crippen LogP contribution in [0.1, 0.15) is 5.56 Å². The molecule has 4 nitrogen and oxygen atoms in total. The summed E-state index contributed by atoms with van der Waals surface area (Å²) in [6, 6.07) is 10.9. The third-order valence-corrected chi connectivity index (χ3v) is 4.19. The van der Waals surface area contributed by atoms with E-state index in [1.807, 2.05) is 30.3 Å². The second-order valence-corrected chi connectivity index (χ2v) is 6.32. The summed E-state index contributed by atoms with van der Waals surface area (Å²) in [5.41, 5.74) is 1.49. The van der Waals surface area contributed by atoms with Gasteiger partial charge in [-0.1, -0.05) is 15.9 Å². The highest BCUT2D eigenvalue weighted by atomic mass is 79.9. The minimum absolute atomic E-state index is 0.231. The van der Waals surface area contributed by atoms with Crippen LogP contribution >= 0.6 is 31.9 Å². The maximum Gasteiger partial charge on any atom is 0.248 e. The standard InChI is InChI=1S/C17H15Br2NO3/c1-22-13-6-3-11(16(10-13)23-2)4-8-17(21)20-15-7-5-12(18)9-14(15)19/h3-10H,1-2H3,(H,20,21)/b8-4+. The zero-order chi connectivity index (χ0) is 16.8. The van der Waals surface area contributed by atoms with Crippen molar-refractivity contribution in [3.8, 4) is 11.5 Å². The smallest absolute Gasteiger partial charge is 0.248 e. The van der Waals surface area contributed by atoms with Crippen LogP contribution in [0.25, 0.3) is 6.08 Å². The summed E-state index contributed by atoms with van der Waals surface area (Å²) in [5, 5.41) is 2.81. The SMILES string of the molecule is COc1ccc(/C=C/C(=O)Nc2ccc(Br)cc2Br)c(OC)c1. The maximum absolute atomic E-state index is 12.0. The molecule has 0 aliphatic carbocycles. The number of methoxy groups -OCH3 is 2. The van der Waals surface area contributed by atoms with E-state index in [9.17, 15) is 4.79 Å². The van der Waals surface area contributed by atoms with E-state index in [1.54, 1.807) is 26.4 Å². The number of nitrogens with one attached hydrogen (secondary N) is 1. The van der Waals surface area contributed by atoms with Gasteiger partial charge in [0.25, 0.3) is 0 Å². The summed E-state index contributed by atoms with van der Waals surface area (Å²) in [4.78, 5) is 12.0. The van der Waals surface area contributed by atoms with Crippen molar-refractivity contribution in [2.45, 2.75) is 0 Å². The van der Waals surface area contributed by atoms with Crippen molar-refractivity contribution >= 4 is 49.5 Å². The summed E-state index contributed by atoms with van der Waals surface area (Å²) >= 11 is 6.78. The highest BCUT2D eigenvalue weighted by Gasteiger charge is 2.05. The average molecular weight is 441 g/mol. The fourth-order valence-electron chi connectivity index (χ4n) is 1.89. The van der Waals surface area contributed by atoms with Gasteiger partial charge in [-0.15, -0.1) is 0 Å². The second kappa shape index (κ2) is 8.17. The van der Waals surface area contributed by atoms with Gasteiger partial charge in [0.2, 0.25) is 5.91 Å². The van der Waals surface area contributed by atoms with Crippen molar-refractivity contribution in [2.75, 3.05) is 19.5 Å². The minimum atomic E-state index is -0.231. The molecule has 0 radical (unpaired) electrons. The Kier molecular flexibility index (Phi) is 6.24. The molecule has 2 aromatic carbocycles. The van der Waals surface area contributed by atoms with Gasteiger partial charge in [-0.3, -0.25) is 4.79 Å². The zero-order valence-electron chi connectivity index (χ0n) is 12.6. The number of carbonyl (C=O) groups is 1. The van der Waals surface area contributed by atoms with Crippen LogP contribution in [0.5, 0.6) is 11.5 Å². The summed E-state index contributed by atoms with van der Waals surface area (Å²) in [7, 11) is 3.17. The third kappa shape index (κ3) is 4.84. The van der Waals surface area contributed by atoms with Crippen molar-refractivity contribution in [1.29, 1.82) is 0 Å². The Labute approximate surface area is 151 Å². The number of rotatable bonds is 5. The van der Waals surface area contributed by atoms with E-state index in [0.717, 1.165) is 14.5 Å². The molecule has 23 heavy (non-hydrogen) atoms. The van der Waals surface area contributed by atoms with Gasteiger partial charge in [-0.25, -0.2) is 0 Å². The Morgan fingerprint density at radius 1 is 1.09 bits per heavy atom. The van der Waals surface area contributed by atoms with Crippen molar-refractivity contribution in [2.24, 2.45) is 0 Å². The predicted molar refractivity (Wildman–Crippen MR) is 99.1 cm³/mol. The maximum atomic E-state index is 12.0. The summed E-state index contributed by atoms with van der Waals surface area (Å²) in [5.74, 6) is 1.10. The van der Waals surface area contributed by atoms with Gasteiger partial charge in [0.05, 0.1) is 19.9 Å². The first-order chi connectivity index (χ1) is 11.0. The van der Waals surface area contributed by atoms with Gasteiger partial charge in [0.1, 0.15) is 11.5 Å². The van der Waals surface area contributed by atoms with Crippen LogP contribution in [0.3, 0.4) is 0 Å². The fourth-order valence-corrected chi connectivity index (χ4v) is 3.03. The lowest BCUT2D eigenvalue weighted by molar-refractivity contribution is -0.111. The molecule has 0 spiro atoms. The van der Waals surface area contributed by atoms with Crippen molar-refractivity contribution in [3.05, 3.63) is 57.0 Å². The van der Waals surface area contributed by atoms with E-state index < -0.39 is 0 Å². The largest absolute Gasteiger partial charge is 0.497 e. The van der Waals surface area contributed by atoms with Gasteiger partial charge in [-0.05, 0) is 52.3 Å². The lowest BCUT2D eigenvalue weighted by Gasteiger charge is -2.08. The normalized spacial score (nSPS) is 10.6. The van der Waals surface area contributed by atoms with Crippen LogP contribution in [0, 0.1) is 0 Å². The lowest BCUT2D eigenvalue weighted by Crippen LogP contribution is -2.08. The molecule has 1 N–H and O–H groups in total. The third-order valence-electron chi connectivity index (χ3n) is 3.04. The van der Waals surface area contributed by atoms with E-state index in [0.29, 0.717) is 17.2 Å². The molecule has 120 valence electrons. The second-order valence-electron chi connectivity index (χ2n) is 4.55. The number of hydrogen-bond donors (Lipinski definition) is 1. The number of amides is 1. The summed E-state index contributed by atoms with van der Waals surface area (Å²) in [6.45, 7) is 0. The first-order valence-corrected chi connectivity index (χ1v) is 8.28. The Morgan fingerprint density at radius 3 is 2.52 bits per heavy atom. The molecule has 2 rings (SSSR count). The van der Waals surface area contributed by atoms with Crippen LogP contribution in [0.4, 0.5) is 5.69 Å². The molecule has 0 bridgehead atoms. The number of anilines is 1. The number of carbonyl (C=O) groups excluding carboxylic acids is 1. The average Bonchev–Trinajstić information content (AvgIpc) is 2.55. The molecule has 0 aliphatic heterocycles. The van der Waals surface area contributed by atoms with Crippen molar-refractivity contribution in [1.82, 2.24) is 0 Å². The minimum Gasteiger partial charge on any atom is -0.497 e. The molecule has 6 heteroatoms. The first-order valence-electron chi connectivity index (χ1n) is 6.69. The fraction of sp³-hybridized carbons (Fsp3) is 0.118. The number of ether oxygens (including phenoxy) is 2. The van der Waals surface area contributed by atoms with Gasteiger partial charge in [-0.2, -0.15) is 0 Å². The predicted octanol–water partition coefficient (Wildman–Crippen LogP) is 4.88. The molecule has 2 aromatic rings. The van der Waals surface area contributed by atoms with E-state index >= 15 is 0 Å². The Morgan fingerprint density at radius 2 is 1.87 bits per heavy atom. The van der Waals surface area contributed by atoms with Crippen LogP contribution < -0.4 is 14.8 Å². The highest BCUT2D eigenvalue weighted by molar-refractivity contribution is 9.11. The molecule has 0 aliphatic rings. The van der Waals surface area contributed by atoms with Gasteiger partial charge < -0.3 is 14.8 Å². The molecule has 0 atom stereocenters. The van der Waals surface area contributed by atoms with Crippen LogP contribution in [-0.2, 0) is 4.79 Å². The van der Waals surface area contributed by atoms with E-state index in [1.165, 1.54) is 6.08 Å². The van der Waals surface area contributed by atoms with Crippen LogP contribution in [-0.4, -0.2) is 20.1 Å². The monoisotopic (exact) mass is 439 g/mol. The molecule has 1 amide bonds. The van der Waals surface area contributed by atoms with Crippen LogP contribution in [0.15, 0.2) is 51.4 Å². The zero-order valence-corrected chi connectivity index (χ0v) is 15.8. The topological polar surface area (TPSA) is 47.6 Å². The van der Waals surface area contributed by atoms with Gasteiger partial charge >= 0.3 is 0 Å². The Hall–Kier alpha value is -1.79. The molecule has 0 saturated carbocycles. The molecular formula is C17H15Br2NO3. The summed E-state index contributed by atoms with van der Waals surface area (Å²) in [6.07, 6.45) is 3.15. The first kappa shape index (κ1) is 17.6. The molecule has 0 fully saturated rings. The lowest BCUT2D eigenvalue weighted by atomic mass is 10.1. The van der Waals surface area contributed by atoms with E-state index in [-0.39, 0.29) is 5.91 Å². The number of halogens is 2. The molecular weight excluding hydrogens is 426 g/mol. The molecule has 0 unspecified atom stereocenters. The molecule has 0 heterocycles. The highest BCUT2D eigenvalue weighted by Crippen LogP contribution is 2.27. The number of benzene rings is 2. The van der Waals surface area contributed by atoms with E-state index in [4.69, 9.17) is 9.47 Å². The van der Waals surface area contributed by atoms with Gasteiger partial charge in [0.15, 0.2) is 0 Å². The van der Waals surface area contributed by atoms with E-state index in [2.05, 4.69) is 37.2 Å². The van der Waals surface area contributed by atoms with Gasteiger partial charge in [0, 0.05) is 26.7 Å². The quantitative estimate of drug-likeness (QED) is 0.674.